The number of amides is 1. The molecule has 7 heteroatoms. The molecule has 116 valence electrons. The third-order valence-corrected chi connectivity index (χ3v) is 4.71. The van der Waals surface area contributed by atoms with Crippen molar-refractivity contribution in [2.24, 2.45) is 0 Å². The summed E-state index contributed by atoms with van der Waals surface area (Å²) in [6, 6.07) is 3.88. The number of hydrogen-bond acceptors (Lipinski definition) is 5. The van der Waals surface area contributed by atoms with Gasteiger partial charge in [-0.3, -0.25) is 4.90 Å². The Morgan fingerprint density at radius 1 is 1.27 bits per heavy atom. The van der Waals surface area contributed by atoms with E-state index in [0.717, 1.165) is 16.4 Å². The van der Waals surface area contributed by atoms with Gasteiger partial charge < -0.3 is 10.0 Å². The molecule has 22 heavy (non-hydrogen) atoms. The van der Waals surface area contributed by atoms with Gasteiger partial charge in [-0.15, -0.1) is 11.3 Å². The quantitative estimate of drug-likeness (QED) is 0.922. The van der Waals surface area contributed by atoms with E-state index in [1.54, 1.807) is 17.5 Å². The van der Waals surface area contributed by atoms with E-state index in [4.69, 9.17) is 0 Å². The molecule has 1 aliphatic heterocycles. The van der Waals surface area contributed by atoms with Gasteiger partial charge in [-0.2, -0.15) is 0 Å². The Bertz CT molecular complexity index is 632. The van der Waals surface area contributed by atoms with Crippen molar-refractivity contribution >= 4 is 23.2 Å². The number of hydrogen-bond donors (Lipinski definition) is 1. The maximum absolute atomic E-state index is 11.3. The van der Waals surface area contributed by atoms with E-state index in [0.29, 0.717) is 13.1 Å². The molecule has 1 fully saturated rings. The van der Waals surface area contributed by atoms with E-state index >= 15 is 0 Å². The van der Waals surface area contributed by atoms with Gasteiger partial charge in [0, 0.05) is 36.4 Å². The first-order chi connectivity index (χ1) is 10.6. The second-order valence-corrected chi connectivity index (χ2v) is 6.43. The summed E-state index contributed by atoms with van der Waals surface area (Å²) in [4.78, 5) is 23.7. The van der Waals surface area contributed by atoms with Crippen LogP contribution in [0.4, 0.5) is 10.6 Å². The fourth-order valence-corrected chi connectivity index (χ4v) is 3.58. The van der Waals surface area contributed by atoms with Gasteiger partial charge >= 0.3 is 6.09 Å². The van der Waals surface area contributed by atoms with E-state index in [-0.39, 0.29) is 12.1 Å². The zero-order valence-corrected chi connectivity index (χ0v) is 13.3. The number of carbonyl (C=O) groups is 1. The maximum atomic E-state index is 11.3. The molecule has 0 radical (unpaired) electrons. The molecular formula is C15H18N4O2S. The fraction of sp³-hybridized carbons (Fsp3) is 0.400. The van der Waals surface area contributed by atoms with Crippen LogP contribution in [0.1, 0.15) is 13.8 Å². The number of rotatable bonds is 2. The van der Waals surface area contributed by atoms with Gasteiger partial charge in [0.2, 0.25) is 0 Å². The zero-order valence-electron chi connectivity index (χ0n) is 12.5. The van der Waals surface area contributed by atoms with Crippen LogP contribution in [0, 0.1) is 0 Å². The van der Waals surface area contributed by atoms with Crippen LogP contribution in [0.3, 0.4) is 0 Å². The Morgan fingerprint density at radius 3 is 2.50 bits per heavy atom. The third kappa shape index (κ3) is 2.76. The molecule has 1 aliphatic rings. The first kappa shape index (κ1) is 14.8. The number of aromatic nitrogens is 2. The van der Waals surface area contributed by atoms with Crippen LogP contribution in [0.15, 0.2) is 29.9 Å². The van der Waals surface area contributed by atoms with Crippen molar-refractivity contribution in [3.05, 3.63) is 29.9 Å². The summed E-state index contributed by atoms with van der Waals surface area (Å²) in [5.74, 6) is 0.879. The molecule has 6 nitrogen and oxygen atoms in total. The number of pyridine rings is 1. The SMILES string of the molecule is C[C@@H]1CN(c2ccc(-c3nccs3)cn2)C[C@H](C)N1C(=O)O. The highest BCUT2D eigenvalue weighted by Crippen LogP contribution is 2.25. The molecule has 3 heterocycles. The lowest BCUT2D eigenvalue weighted by Crippen LogP contribution is -2.58. The number of carboxylic acid groups (broad SMARTS) is 1. The summed E-state index contributed by atoms with van der Waals surface area (Å²) in [5, 5.41) is 12.2. The van der Waals surface area contributed by atoms with Gasteiger partial charge in [0.25, 0.3) is 0 Å². The molecule has 0 bridgehead atoms. The average Bonchev–Trinajstić information content (AvgIpc) is 3.00. The Morgan fingerprint density at radius 2 is 2.00 bits per heavy atom. The molecule has 2 atom stereocenters. The third-order valence-electron chi connectivity index (χ3n) is 3.89. The standard InChI is InChI=1S/C15H18N4O2S/c1-10-8-18(9-11(2)19(10)15(20)21)13-4-3-12(7-17-13)14-16-5-6-22-14/h3-7,10-11H,8-9H2,1-2H3,(H,20,21)/t10-,11+. The summed E-state index contributed by atoms with van der Waals surface area (Å²) in [5.41, 5.74) is 1.00. The molecule has 1 amide bonds. The number of nitrogens with zero attached hydrogens (tertiary/aromatic N) is 4. The van der Waals surface area contributed by atoms with Crippen LogP contribution in [-0.2, 0) is 0 Å². The van der Waals surface area contributed by atoms with E-state index in [9.17, 15) is 9.90 Å². The Labute approximate surface area is 133 Å². The van der Waals surface area contributed by atoms with Crippen molar-refractivity contribution in [3.63, 3.8) is 0 Å². The predicted octanol–water partition coefficient (Wildman–Crippen LogP) is 2.78. The van der Waals surface area contributed by atoms with Gasteiger partial charge in [-0.25, -0.2) is 14.8 Å². The molecule has 0 spiro atoms. The first-order valence-corrected chi connectivity index (χ1v) is 8.06. The topological polar surface area (TPSA) is 69.6 Å². The lowest BCUT2D eigenvalue weighted by Gasteiger charge is -2.43. The normalized spacial score (nSPS) is 21.9. The monoisotopic (exact) mass is 318 g/mol. The van der Waals surface area contributed by atoms with Crippen LogP contribution in [-0.4, -0.2) is 51.2 Å². The second kappa shape index (κ2) is 5.92. The molecule has 0 aliphatic carbocycles. The van der Waals surface area contributed by atoms with Crippen molar-refractivity contribution in [1.29, 1.82) is 0 Å². The molecule has 1 N–H and O–H groups in total. The number of piperazine rings is 1. The summed E-state index contributed by atoms with van der Waals surface area (Å²) in [7, 11) is 0. The van der Waals surface area contributed by atoms with E-state index < -0.39 is 6.09 Å². The van der Waals surface area contributed by atoms with E-state index in [2.05, 4.69) is 14.9 Å². The van der Waals surface area contributed by atoms with Gasteiger partial charge in [-0.05, 0) is 26.0 Å². The lowest BCUT2D eigenvalue weighted by atomic mass is 10.1. The molecule has 2 aromatic heterocycles. The van der Waals surface area contributed by atoms with Gasteiger partial charge in [0.1, 0.15) is 10.8 Å². The van der Waals surface area contributed by atoms with Crippen molar-refractivity contribution in [2.75, 3.05) is 18.0 Å². The van der Waals surface area contributed by atoms with Gasteiger partial charge in [0.05, 0.1) is 12.1 Å². The molecule has 0 unspecified atom stereocenters. The van der Waals surface area contributed by atoms with Crippen LogP contribution in [0.2, 0.25) is 0 Å². The maximum Gasteiger partial charge on any atom is 0.407 e. The molecule has 3 rings (SSSR count). The van der Waals surface area contributed by atoms with Crippen LogP contribution >= 0.6 is 11.3 Å². The van der Waals surface area contributed by atoms with Gasteiger partial charge in [-0.1, -0.05) is 0 Å². The molecule has 0 aromatic carbocycles. The first-order valence-electron chi connectivity index (χ1n) is 7.18. The number of anilines is 1. The highest BCUT2D eigenvalue weighted by Gasteiger charge is 2.33. The highest BCUT2D eigenvalue weighted by atomic mass is 32.1. The molecule has 1 saturated heterocycles. The molecule has 2 aromatic rings. The second-order valence-electron chi connectivity index (χ2n) is 5.54. The lowest BCUT2D eigenvalue weighted by molar-refractivity contribution is 0.0981. The highest BCUT2D eigenvalue weighted by molar-refractivity contribution is 7.13. The number of thiazole rings is 1. The molecular weight excluding hydrogens is 300 g/mol. The minimum Gasteiger partial charge on any atom is -0.465 e. The van der Waals surface area contributed by atoms with Crippen molar-refractivity contribution in [2.45, 2.75) is 25.9 Å². The van der Waals surface area contributed by atoms with Crippen molar-refractivity contribution in [3.8, 4) is 10.6 Å². The fourth-order valence-electron chi connectivity index (χ4n) is 2.95. The zero-order chi connectivity index (χ0) is 15.7. The van der Waals surface area contributed by atoms with Gasteiger partial charge in [0.15, 0.2) is 0 Å². The Hall–Kier alpha value is -2.15. The largest absolute Gasteiger partial charge is 0.465 e. The Kier molecular flexibility index (Phi) is 3.98. The minimum absolute atomic E-state index is 0.0540. The summed E-state index contributed by atoms with van der Waals surface area (Å²) >= 11 is 1.59. The van der Waals surface area contributed by atoms with Crippen molar-refractivity contribution < 1.29 is 9.90 Å². The van der Waals surface area contributed by atoms with Crippen molar-refractivity contribution in [1.82, 2.24) is 14.9 Å². The summed E-state index contributed by atoms with van der Waals surface area (Å²) in [6.45, 7) is 5.17. The van der Waals surface area contributed by atoms with Crippen LogP contribution in [0.5, 0.6) is 0 Å². The average molecular weight is 318 g/mol. The van der Waals surface area contributed by atoms with Crippen LogP contribution in [0.25, 0.3) is 10.6 Å². The smallest absolute Gasteiger partial charge is 0.407 e. The summed E-state index contributed by atoms with van der Waals surface area (Å²) in [6.07, 6.45) is 2.75. The van der Waals surface area contributed by atoms with E-state index in [1.165, 1.54) is 4.90 Å². The Balaban J connectivity index is 1.76. The summed E-state index contributed by atoms with van der Waals surface area (Å²) < 4.78 is 0. The van der Waals surface area contributed by atoms with E-state index in [1.807, 2.05) is 37.6 Å². The van der Waals surface area contributed by atoms with Crippen LogP contribution < -0.4 is 4.90 Å². The predicted molar refractivity (Wildman–Crippen MR) is 86.3 cm³/mol. The molecule has 0 saturated carbocycles. The minimum atomic E-state index is -0.855.